The van der Waals surface area contributed by atoms with E-state index < -0.39 is 0 Å². The monoisotopic (exact) mass is 342 g/mol. The van der Waals surface area contributed by atoms with E-state index in [-0.39, 0.29) is 5.82 Å². The molecular formula is C17H19FN6O. The SMILES string of the molecule is Fc1ccc(-c2nnc(CN3CCC[C@@H](Cn4cncn4)C3)o2)cc1. The molecule has 1 aromatic carbocycles. The summed E-state index contributed by atoms with van der Waals surface area (Å²) in [6.45, 7) is 3.49. The quantitative estimate of drug-likeness (QED) is 0.709. The number of piperidine rings is 1. The largest absolute Gasteiger partial charge is 0.419 e. The average Bonchev–Trinajstić information content (AvgIpc) is 3.28. The van der Waals surface area contributed by atoms with Gasteiger partial charge in [0, 0.05) is 18.7 Å². The van der Waals surface area contributed by atoms with Crippen LogP contribution in [0.2, 0.25) is 0 Å². The molecule has 2 aromatic heterocycles. The molecule has 0 saturated carbocycles. The third-order valence-corrected chi connectivity index (χ3v) is 4.43. The van der Waals surface area contributed by atoms with Crippen molar-refractivity contribution in [3.8, 4) is 11.5 Å². The van der Waals surface area contributed by atoms with E-state index in [9.17, 15) is 4.39 Å². The predicted molar refractivity (Wildman–Crippen MR) is 87.7 cm³/mol. The molecule has 1 saturated heterocycles. The second-order valence-electron chi connectivity index (χ2n) is 6.37. The summed E-state index contributed by atoms with van der Waals surface area (Å²) in [6.07, 6.45) is 5.64. The molecule has 0 unspecified atom stereocenters. The molecule has 1 atom stereocenters. The zero-order valence-corrected chi connectivity index (χ0v) is 13.8. The lowest BCUT2D eigenvalue weighted by Crippen LogP contribution is -2.36. The zero-order valence-electron chi connectivity index (χ0n) is 13.8. The summed E-state index contributed by atoms with van der Waals surface area (Å²) in [7, 11) is 0. The maximum atomic E-state index is 13.0. The van der Waals surface area contributed by atoms with Gasteiger partial charge >= 0.3 is 0 Å². The predicted octanol–water partition coefficient (Wildman–Crippen LogP) is 2.38. The molecule has 25 heavy (non-hydrogen) atoms. The Morgan fingerprint density at radius 2 is 2.08 bits per heavy atom. The van der Waals surface area contributed by atoms with Gasteiger partial charge in [0.15, 0.2) is 0 Å². The Labute approximate surface area is 144 Å². The molecule has 1 fully saturated rings. The van der Waals surface area contributed by atoms with E-state index >= 15 is 0 Å². The van der Waals surface area contributed by atoms with Crippen LogP contribution in [0.4, 0.5) is 4.39 Å². The molecule has 7 nitrogen and oxygen atoms in total. The van der Waals surface area contributed by atoms with Crippen LogP contribution in [-0.4, -0.2) is 43.0 Å². The van der Waals surface area contributed by atoms with Crippen molar-refractivity contribution in [3.05, 3.63) is 48.6 Å². The first-order chi connectivity index (χ1) is 12.3. The van der Waals surface area contributed by atoms with Gasteiger partial charge in [0.05, 0.1) is 6.54 Å². The van der Waals surface area contributed by atoms with Crippen molar-refractivity contribution >= 4 is 0 Å². The maximum absolute atomic E-state index is 13.0. The van der Waals surface area contributed by atoms with Gasteiger partial charge in [-0.1, -0.05) is 0 Å². The number of nitrogens with zero attached hydrogens (tertiary/aromatic N) is 6. The first-order valence-electron chi connectivity index (χ1n) is 8.39. The van der Waals surface area contributed by atoms with Crippen molar-refractivity contribution < 1.29 is 8.81 Å². The van der Waals surface area contributed by atoms with Gasteiger partial charge in [0.2, 0.25) is 11.8 Å². The Morgan fingerprint density at radius 3 is 2.88 bits per heavy atom. The number of hydrogen-bond donors (Lipinski definition) is 0. The number of halogens is 1. The zero-order chi connectivity index (χ0) is 17.1. The first-order valence-corrected chi connectivity index (χ1v) is 8.39. The van der Waals surface area contributed by atoms with Crippen molar-refractivity contribution in [1.82, 2.24) is 29.9 Å². The highest BCUT2D eigenvalue weighted by molar-refractivity contribution is 5.51. The van der Waals surface area contributed by atoms with E-state index in [0.29, 0.717) is 24.2 Å². The third kappa shape index (κ3) is 3.90. The molecular weight excluding hydrogens is 323 g/mol. The average molecular weight is 342 g/mol. The third-order valence-electron chi connectivity index (χ3n) is 4.43. The highest BCUT2D eigenvalue weighted by Gasteiger charge is 2.22. The van der Waals surface area contributed by atoms with E-state index in [1.807, 2.05) is 4.68 Å². The van der Waals surface area contributed by atoms with Crippen molar-refractivity contribution in [2.45, 2.75) is 25.9 Å². The summed E-state index contributed by atoms with van der Waals surface area (Å²) < 4.78 is 20.6. The molecule has 0 radical (unpaired) electrons. The fourth-order valence-electron chi connectivity index (χ4n) is 3.25. The fraction of sp³-hybridized carbons (Fsp3) is 0.412. The molecule has 1 aliphatic heterocycles. The molecule has 0 aliphatic carbocycles. The number of likely N-dealkylation sites (tertiary alicyclic amines) is 1. The van der Waals surface area contributed by atoms with Crippen LogP contribution in [0.5, 0.6) is 0 Å². The molecule has 4 rings (SSSR count). The van der Waals surface area contributed by atoms with Gasteiger partial charge in [-0.25, -0.2) is 9.37 Å². The lowest BCUT2D eigenvalue weighted by molar-refractivity contribution is 0.142. The summed E-state index contributed by atoms with van der Waals surface area (Å²) >= 11 is 0. The summed E-state index contributed by atoms with van der Waals surface area (Å²) in [5, 5.41) is 12.4. The van der Waals surface area contributed by atoms with E-state index in [0.717, 1.165) is 31.6 Å². The van der Waals surface area contributed by atoms with E-state index in [1.165, 1.54) is 18.6 Å². The van der Waals surface area contributed by atoms with Gasteiger partial charge in [0.1, 0.15) is 18.5 Å². The smallest absolute Gasteiger partial charge is 0.247 e. The van der Waals surface area contributed by atoms with Crippen LogP contribution in [0.1, 0.15) is 18.7 Å². The second kappa shape index (κ2) is 7.10. The van der Waals surface area contributed by atoms with Crippen molar-refractivity contribution in [3.63, 3.8) is 0 Å². The highest BCUT2D eigenvalue weighted by atomic mass is 19.1. The standard InChI is InChI=1S/C17H19FN6O/c18-15-5-3-14(4-6-15)17-22-21-16(25-17)10-23-7-1-2-13(8-23)9-24-12-19-11-20-24/h3-6,11-13H,1-2,7-10H2/t13-/m1/s1. The van der Waals surface area contributed by atoms with Gasteiger partial charge in [-0.3, -0.25) is 9.58 Å². The molecule has 1 aliphatic rings. The van der Waals surface area contributed by atoms with Gasteiger partial charge < -0.3 is 4.42 Å². The molecule has 0 spiro atoms. The van der Waals surface area contributed by atoms with E-state index in [1.54, 1.807) is 24.8 Å². The normalized spacial score (nSPS) is 18.5. The number of hydrogen-bond acceptors (Lipinski definition) is 6. The van der Waals surface area contributed by atoms with E-state index in [4.69, 9.17) is 4.42 Å². The molecule has 0 amide bonds. The molecule has 3 aromatic rings. The highest BCUT2D eigenvalue weighted by Crippen LogP contribution is 2.22. The number of benzene rings is 1. The second-order valence-corrected chi connectivity index (χ2v) is 6.37. The number of rotatable bonds is 5. The van der Waals surface area contributed by atoms with Crippen LogP contribution < -0.4 is 0 Å². The van der Waals surface area contributed by atoms with Gasteiger partial charge in [-0.15, -0.1) is 10.2 Å². The van der Waals surface area contributed by atoms with Crippen molar-refractivity contribution in [2.75, 3.05) is 13.1 Å². The molecule has 8 heteroatoms. The van der Waals surface area contributed by atoms with Crippen LogP contribution in [0.25, 0.3) is 11.5 Å². The lowest BCUT2D eigenvalue weighted by Gasteiger charge is -2.31. The Hall–Kier alpha value is -2.61. The maximum Gasteiger partial charge on any atom is 0.247 e. The Kier molecular flexibility index (Phi) is 4.51. The molecule has 0 bridgehead atoms. The molecule has 0 N–H and O–H groups in total. The van der Waals surface area contributed by atoms with Gasteiger partial charge in [0.25, 0.3) is 0 Å². The van der Waals surface area contributed by atoms with Crippen LogP contribution in [0.15, 0.2) is 41.3 Å². The Bertz CT molecular complexity index is 801. The first kappa shape index (κ1) is 15.9. The van der Waals surface area contributed by atoms with Crippen molar-refractivity contribution in [1.29, 1.82) is 0 Å². The van der Waals surface area contributed by atoms with E-state index in [2.05, 4.69) is 25.2 Å². The minimum Gasteiger partial charge on any atom is -0.419 e. The van der Waals surface area contributed by atoms with Gasteiger partial charge in [-0.05, 0) is 49.6 Å². The molecule has 3 heterocycles. The molecule has 130 valence electrons. The minimum atomic E-state index is -0.282. The van der Waals surface area contributed by atoms with Gasteiger partial charge in [-0.2, -0.15) is 5.10 Å². The van der Waals surface area contributed by atoms with Crippen LogP contribution in [0.3, 0.4) is 0 Å². The lowest BCUT2D eigenvalue weighted by atomic mass is 9.98. The summed E-state index contributed by atoms with van der Waals surface area (Å²) in [6, 6.07) is 6.06. The van der Waals surface area contributed by atoms with Crippen LogP contribution in [-0.2, 0) is 13.1 Å². The van der Waals surface area contributed by atoms with Crippen LogP contribution in [0, 0.1) is 11.7 Å². The Balaban J connectivity index is 1.37. The fourth-order valence-corrected chi connectivity index (χ4v) is 3.25. The minimum absolute atomic E-state index is 0.282. The summed E-state index contributed by atoms with van der Waals surface area (Å²) in [5.41, 5.74) is 0.725. The summed E-state index contributed by atoms with van der Waals surface area (Å²) in [4.78, 5) is 6.32. The Morgan fingerprint density at radius 1 is 1.20 bits per heavy atom. The summed E-state index contributed by atoms with van der Waals surface area (Å²) in [5.74, 6) is 1.26. The topological polar surface area (TPSA) is 72.9 Å². The van der Waals surface area contributed by atoms with Crippen LogP contribution >= 0.6 is 0 Å². The van der Waals surface area contributed by atoms with Crippen molar-refractivity contribution in [2.24, 2.45) is 5.92 Å². The number of aromatic nitrogens is 5.